The van der Waals surface area contributed by atoms with E-state index in [2.05, 4.69) is 5.32 Å². The lowest BCUT2D eigenvalue weighted by atomic mass is 10.3. The number of anilines is 1. The van der Waals surface area contributed by atoms with Crippen molar-refractivity contribution in [3.63, 3.8) is 0 Å². The molecule has 1 aromatic rings. The summed E-state index contributed by atoms with van der Waals surface area (Å²) in [6, 6.07) is 4.21. The van der Waals surface area contributed by atoms with Gasteiger partial charge in [0.2, 0.25) is 21.8 Å². The van der Waals surface area contributed by atoms with Crippen LogP contribution in [-0.4, -0.2) is 55.6 Å². The molecular formula is C15H20ClN3O4S. The number of sulfonamides is 1. The summed E-state index contributed by atoms with van der Waals surface area (Å²) in [6.07, 6.45) is 0.580. The van der Waals surface area contributed by atoms with Gasteiger partial charge in [0, 0.05) is 40.0 Å². The lowest BCUT2D eigenvalue weighted by Crippen LogP contribution is -2.36. The average Bonchev–Trinajstić information content (AvgIpc) is 2.75. The monoisotopic (exact) mass is 373 g/mol. The zero-order chi connectivity index (χ0) is 17.9. The van der Waals surface area contributed by atoms with Gasteiger partial charge in [-0.2, -0.15) is 4.31 Å². The van der Waals surface area contributed by atoms with Crippen molar-refractivity contribution in [1.29, 1.82) is 0 Å². The second-order valence-electron chi connectivity index (χ2n) is 5.59. The van der Waals surface area contributed by atoms with Crippen molar-refractivity contribution in [3.8, 4) is 0 Å². The van der Waals surface area contributed by atoms with E-state index < -0.39 is 10.0 Å². The van der Waals surface area contributed by atoms with E-state index >= 15 is 0 Å². The Morgan fingerprint density at radius 3 is 2.42 bits per heavy atom. The van der Waals surface area contributed by atoms with Crippen LogP contribution in [0.15, 0.2) is 23.1 Å². The molecule has 9 heteroatoms. The highest BCUT2D eigenvalue weighted by molar-refractivity contribution is 7.89. The van der Waals surface area contributed by atoms with Gasteiger partial charge in [-0.1, -0.05) is 11.6 Å². The van der Waals surface area contributed by atoms with Gasteiger partial charge in [-0.05, 0) is 24.6 Å². The minimum Gasteiger partial charge on any atom is -0.342 e. The van der Waals surface area contributed by atoms with Gasteiger partial charge in [-0.3, -0.25) is 9.59 Å². The largest absolute Gasteiger partial charge is 0.342 e. The second-order valence-corrected chi connectivity index (χ2v) is 7.93. The van der Waals surface area contributed by atoms with Gasteiger partial charge in [0.15, 0.2) is 0 Å². The highest BCUT2D eigenvalue weighted by Gasteiger charge is 2.28. The van der Waals surface area contributed by atoms with Crippen LogP contribution in [0.4, 0.5) is 5.69 Å². The predicted octanol–water partition coefficient (Wildman–Crippen LogP) is 1.54. The molecule has 24 heavy (non-hydrogen) atoms. The third-order valence-electron chi connectivity index (χ3n) is 3.79. The van der Waals surface area contributed by atoms with Crippen molar-refractivity contribution in [2.75, 3.05) is 31.5 Å². The quantitative estimate of drug-likeness (QED) is 0.870. The minimum atomic E-state index is -3.70. The molecule has 0 saturated carbocycles. The van der Waals surface area contributed by atoms with Gasteiger partial charge >= 0.3 is 0 Å². The Bertz CT molecular complexity index is 751. The van der Waals surface area contributed by atoms with E-state index in [0.717, 1.165) is 0 Å². The summed E-state index contributed by atoms with van der Waals surface area (Å²) in [6.45, 7) is 4.32. The SMILES string of the molecule is CC(=O)Nc1ccc(S(=O)(=O)N2CCCN(C(C)=O)CC2)cc1Cl. The molecule has 1 aromatic carbocycles. The molecule has 0 aromatic heterocycles. The van der Waals surface area contributed by atoms with Crippen molar-refractivity contribution < 1.29 is 18.0 Å². The number of hydrogen-bond donors (Lipinski definition) is 1. The van der Waals surface area contributed by atoms with Crippen LogP contribution < -0.4 is 5.32 Å². The fourth-order valence-corrected chi connectivity index (χ4v) is 4.33. The first kappa shape index (κ1) is 18.7. The summed E-state index contributed by atoms with van der Waals surface area (Å²) in [5.74, 6) is -0.346. The van der Waals surface area contributed by atoms with Crippen LogP contribution in [0.3, 0.4) is 0 Å². The number of carbonyl (C=O) groups is 2. The minimum absolute atomic E-state index is 0.0584. The third-order valence-corrected chi connectivity index (χ3v) is 6.00. The predicted molar refractivity (Wildman–Crippen MR) is 91.4 cm³/mol. The highest BCUT2D eigenvalue weighted by Crippen LogP contribution is 2.27. The number of hydrogen-bond acceptors (Lipinski definition) is 4. The Morgan fingerprint density at radius 1 is 1.12 bits per heavy atom. The normalized spacial score (nSPS) is 16.5. The molecule has 2 amide bonds. The van der Waals surface area contributed by atoms with E-state index in [-0.39, 0.29) is 28.3 Å². The topological polar surface area (TPSA) is 86.8 Å². The fourth-order valence-electron chi connectivity index (χ4n) is 2.55. The van der Waals surface area contributed by atoms with Crippen LogP contribution in [0.1, 0.15) is 20.3 Å². The zero-order valence-electron chi connectivity index (χ0n) is 13.6. The zero-order valence-corrected chi connectivity index (χ0v) is 15.2. The van der Waals surface area contributed by atoms with E-state index in [4.69, 9.17) is 11.6 Å². The number of benzene rings is 1. The molecule has 0 bridgehead atoms. The third kappa shape index (κ3) is 4.25. The second kappa shape index (κ2) is 7.50. The molecule has 132 valence electrons. The summed E-state index contributed by atoms with van der Waals surface area (Å²) < 4.78 is 26.9. The maximum absolute atomic E-state index is 12.8. The highest BCUT2D eigenvalue weighted by atomic mass is 35.5. The molecule has 1 fully saturated rings. The maximum atomic E-state index is 12.8. The Labute approximate surface area is 146 Å². The van der Waals surface area contributed by atoms with Crippen molar-refractivity contribution in [2.24, 2.45) is 0 Å². The Kier molecular flexibility index (Phi) is 5.84. The van der Waals surface area contributed by atoms with Crippen LogP contribution in [0.5, 0.6) is 0 Å². The molecule has 1 aliphatic rings. The van der Waals surface area contributed by atoms with E-state index in [9.17, 15) is 18.0 Å². The summed E-state index contributed by atoms with van der Waals surface area (Å²) in [5, 5.41) is 2.69. The van der Waals surface area contributed by atoms with Crippen molar-refractivity contribution in [2.45, 2.75) is 25.2 Å². The standard InChI is InChI=1S/C15H20ClN3O4S/c1-11(20)17-15-5-4-13(10-14(15)16)24(22,23)19-7-3-6-18(8-9-19)12(2)21/h4-5,10H,3,6-9H2,1-2H3,(H,17,20). The van der Waals surface area contributed by atoms with Gasteiger partial charge in [0.25, 0.3) is 0 Å². The van der Waals surface area contributed by atoms with E-state index in [1.165, 1.54) is 36.4 Å². The molecule has 2 rings (SSSR count). The Balaban J connectivity index is 2.22. The molecule has 0 radical (unpaired) electrons. The molecule has 0 spiro atoms. The molecule has 7 nitrogen and oxygen atoms in total. The first-order chi connectivity index (χ1) is 11.2. The molecule has 0 aliphatic carbocycles. The summed E-state index contributed by atoms with van der Waals surface area (Å²) in [5.41, 5.74) is 0.363. The van der Waals surface area contributed by atoms with Gasteiger partial charge < -0.3 is 10.2 Å². The van der Waals surface area contributed by atoms with Crippen LogP contribution >= 0.6 is 11.6 Å². The van der Waals surface area contributed by atoms with E-state index in [1.807, 2.05) is 0 Å². The van der Waals surface area contributed by atoms with E-state index in [1.54, 1.807) is 4.90 Å². The Hall–Kier alpha value is -1.64. The van der Waals surface area contributed by atoms with Gasteiger partial charge in [-0.25, -0.2) is 8.42 Å². The number of carbonyl (C=O) groups excluding carboxylic acids is 2. The molecule has 0 atom stereocenters. The number of nitrogens with zero attached hydrogens (tertiary/aromatic N) is 2. The van der Waals surface area contributed by atoms with Crippen LogP contribution in [0.25, 0.3) is 0 Å². The number of halogens is 1. The summed E-state index contributed by atoms with van der Waals surface area (Å²) in [4.78, 5) is 24.3. The summed E-state index contributed by atoms with van der Waals surface area (Å²) in [7, 11) is -3.70. The van der Waals surface area contributed by atoms with Crippen molar-refractivity contribution in [1.82, 2.24) is 9.21 Å². The van der Waals surface area contributed by atoms with Crippen molar-refractivity contribution >= 4 is 39.1 Å². The maximum Gasteiger partial charge on any atom is 0.243 e. The summed E-state index contributed by atoms with van der Waals surface area (Å²) >= 11 is 6.06. The van der Waals surface area contributed by atoms with Gasteiger partial charge in [0.1, 0.15) is 0 Å². The first-order valence-corrected chi connectivity index (χ1v) is 9.36. The van der Waals surface area contributed by atoms with Crippen LogP contribution in [0, 0.1) is 0 Å². The molecular weight excluding hydrogens is 354 g/mol. The molecule has 1 saturated heterocycles. The van der Waals surface area contributed by atoms with Crippen LogP contribution in [-0.2, 0) is 19.6 Å². The molecule has 1 aliphatic heterocycles. The average molecular weight is 374 g/mol. The van der Waals surface area contributed by atoms with Gasteiger partial charge in [0.05, 0.1) is 15.6 Å². The smallest absolute Gasteiger partial charge is 0.243 e. The van der Waals surface area contributed by atoms with Gasteiger partial charge in [-0.15, -0.1) is 0 Å². The van der Waals surface area contributed by atoms with Crippen LogP contribution in [0.2, 0.25) is 5.02 Å². The molecule has 1 N–H and O–H groups in total. The number of nitrogens with one attached hydrogen (secondary N) is 1. The fraction of sp³-hybridized carbons (Fsp3) is 0.467. The molecule has 0 unspecified atom stereocenters. The number of rotatable bonds is 3. The Morgan fingerprint density at radius 2 is 1.83 bits per heavy atom. The molecule has 1 heterocycles. The lowest BCUT2D eigenvalue weighted by Gasteiger charge is -2.21. The number of amides is 2. The lowest BCUT2D eigenvalue weighted by molar-refractivity contribution is -0.128. The van der Waals surface area contributed by atoms with Crippen molar-refractivity contribution in [3.05, 3.63) is 23.2 Å². The van der Waals surface area contributed by atoms with E-state index in [0.29, 0.717) is 31.7 Å². The first-order valence-electron chi connectivity index (χ1n) is 7.54.